The third kappa shape index (κ3) is 4.07. The lowest BCUT2D eigenvalue weighted by molar-refractivity contribution is -0.137. The standard InChI is InChI=1S/C22H16F3N3O4/c1-31-19-12-17(32-16-7-9-26-10-8-16)5-6-18(19)28-20(29)13-27(21(28)30)15-4-2-3-14(11-15)22(23,24)25/h2-12H,13H2,1H3. The van der Waals surface area contributed by atoms with Gasteiger partial charge in [0.1, 0.15) is 23.8 Å². The van der Waals surface area contributed by atoms with Crippen molar-refractivity contribution in [3.8, 4) is 17.2 Å². The molecular weight excluding hydrogens is 427 g/mol. The number of anilines is 2. The minimum absolute atomic E-state index is 0.0303. The second-order valence-corrected chi connectivity index (χ2v) is 6.76. The van der Waals surface area contributed by atoms with Crippen molar-refractivity contribution in [3.05, 3.63) is 72.6 Å². The van der Waals surface area contributed by atoms with Crippen molar-refractivity contribution >= 4 is 23.3 Å². The fourth-order valence-corrected chi connectivity index (χ4v) is 3.24. The second-order valence-electron chi connectivity index (χ2n) is 6.76. The van der Waals surface area contributed by atoms with Gasteiger partial charge in [-0.2, -0.15) is 13.2 Å². The van der Waals surface area contributed by atoms with E-state index in [9.17, 15) is 22.8 Å². The van der Waals surface area contributed by atoms with E-state index in [1.165, 1.54) is 31.4 Å². The van der Waals surface area contributed by atoms with Crippen molar-refractivity contribution in [2.75, 3.05) is 23.5 Å². The number of aromatic nitrogens is 1. The third-order valence-electron chi connectivity index (χ3n) is 4.73. The Morgan fingerprint density at radius 2 is 1.72 bits per heavy atom. The Balaban J connectivity index is 1.63. The van der Waals surface area contributed by atoms with Crippen LogP contribution in [0.2, 0.25) is 0 Å². The van der Waals surface area contributed by atoms with Crippen LogP contribution in [0.15, 0.2) is 67.0 Å². The summed E-state index contributed by atoms with van der Waals surface area (Å²) in [5, 5.41) is 0. The van der Waals surface area contributed by atoms with E-state index in [-0.39, 0.29) is 17.1 Å². The molecule has 0 radical (unpaired) electrons. The number of imide groups is 1. The van der Waals surface area contributed by atoms with Crippen molar-refractivity contribution in [1.29, 1.82) is 0 Å². The number of pyridine rings is 1. The van der Waals surface area contributed by atoms with E-state index < -0.39 is 30.2 Å². The molecule has 10 heteroatoms. The van der Waals surface area contributed by atoms with Crippen molar-refractivity contribution in [2.45, 2.75) is 6.18 Å². The van der Waals surface area contributed by atoms with E-state index in [1.807, 2.05) is 0 Å². The number of amides is 3. The van der Waals surface area contributed by atoms with Gasteiger partial charge in [-0.05, 0) is 42.5 Å². The highest BCUT2D eigenvalue weighted by Crippen LogP contribution is 2.38. The van der Waals surface area contributed by atoms with Gasteiger partial charge in [0.25, 0.3) is 5.91 Å². The predicted molar refractivity (Wildman–Crippen MR) is 109 cm³/mol. The molecule has 2 heterocycles. The van der Waals surface area contributed by atoms with E-state index >= 15 is 0 Å². The summed E-state index contributed by atoms with van der Waals surface area (Å²) in [7, 11) is 1.37. The van der Waals surface area contributed by atoms with Gasteiger partial charge in [-0.25, -0.2) is 9.69 Å². The van der Waals surface area contributed by atoms with E-state index in [4.69, 9.17) is 9.47 Å². The van der Waals surface area contributed by atoms with Gasteiger partial charge < -0.3 is 9.47 Å². The molecule has 0 aliphatic carbocycles. The zero-order chi connectivity index (χ0) is 22.9. The number of rotatable bonds is 5. The molecule has 1 saturated heterocycles. The highest BCUT2D eigenvalue weighted by Gasteiger charge is 2.40. The number of halogens is 3. The molecule has 3 aromatic rings. The first-order valence-corrected chi connectivity index (χ1v) is 9.35. The molecule has 7 nitrogen and oxygen atoms in total. The molecule has 1 aliphatic heterocycles. The predicted octanol–water partition coefficient (Wildman–Crippen LogP) is 4.87. The van der Waals surface area contributed by atoms with Crippen LogP contribution in [0, 0.1) is 0 Å². The molecule has 2 aromatic carbocycles. The number of hydrogen-bond donors (Lipinski definition) is 0. The van der Waals surface area contributed by atoms with Crippen molar-refractivity contribution in [1.82, 2.24) is 4.98 Å². The van der Waals surface area contributed by atoms with Crippen molar-refractivity contribution < 1.29 is 32.2 Å². The van der Waals surface area contributed by atoms with Gasteiger partial charge in [0, 0.05) is 24.1 Å². The fraction of sp³-hybridized carbons (Fsp3) is 0.136. The second kappa shape index (κ2) is 8.22. The van der Waals surface area contributed by atoms with Crippen molar-refractivity contribution in [2.24, 2.45) is 0 Å². The van der Waals surface area contributed by atoms with Crippen LogP contribution in [0.5, 0.6) is 17.2 Å². The smallest absolute Gasteiger partial charge is 0.416 e. The molecule has 0 saturated carbocycles. The number of methoxy groups -OCH3 is 1. The average Bonchev–Trinajstić information content (AvgIpc) is 3.08. The molecule has 0 N–H and O–H groups in total. The van der Waals surface area contributed by atoms with Gasteiger partial charge in [0.05, 0.1) is 18.4 Å². The van der Waals surface area contributed by atoms with Gasteiger partial charge in [-0.15, -0.1) is 0 Å². The normalized spacial score (nSPS) is 14.1. The molecule has 0 spiro atoms. The van der Waals surface area contributed by atoms with Crippen LogP contribution >= 0.6 is 0 Å². The summed E-state index contributed by atoms with van der Waals surface area (Å²) in [6.07, 6.45) is -1.45. The molecule has 1 fully saturated rings. The summed E-state index contributed by atoms with van der Waals surface area (Å²) in [5.41, 5.74) is -0.791. The lowest BCUT2D eigenvalue weighted by atomic mass is 10.2. The number of carbonyl (C=O) groups is 2. The Labute approximate surface area is 180 Å². The quantitative estimate of drug-likeness (QED) is 0.526. The molecule has 1 aromatic heterocycles. The number of urea groups is 1. The zero-order valence-electron chi connectivity index (χ0n) is 16.7. The first-order chi connectivity index (χ1) is 15.3. The molecule has 0 atom stereocenters. The lowest BCUT2D eigenvalue weighted by Gasteiger charge is -2.20. The maximum Gasteiger partial charge on any atom is 0.416 e. The summed E-state index contributed by atoms with van der Waals surface area (Å²) in [4.78, 5) is 31.4. The summed E-state index contributed by atoms with van der Waals surface area (Å²) in [5.74, 6) is 0.502. The Hall–Kier alpha value is -4.08. The van der Waals surface area contributed by atoms with Gasteiger partial charge in [0.2, 0.25) is 0 Å². The Kier molecular flexibility index (Phi) is 5.43. The SMILES string of the molecule is COc1cc(Oc2ccncc2)ccc1N1C(=O)CN(c2cccc(C(F)(F)F)c2)C1=O. The molecule has 0 bridgehead atoms. The summed E-state index contributed by atoms with van der Waals surface area (Å²) < 4.78 is 50.2. The molecule has 32 heavy (non-hydrogen) atoms. The Bertz CT molecular complexity index is 1170. The van der Waals surface area contributed by atoms with E-state index in [0.29, 0.717) is 11.5 Å². The maximum atomic E-state index is 13.1. The van der Waals surface area contributed by atoms with E-state index in [0.717, 1.165) is 21.9 Å². The van der Waals surface area contributed by atoms with Crippen LogP contribution in [-0.2, 0) is 11.0 Å². The number of alkyl halides is 3. The first kappa shape index (κ1) is 21.2. The molecule has 3 amide bonds. The molecule has 4 rings (SSSR count). The monoisotopic (exact) mass is 443 g/mol. The van der Waals surface area contributed by atoms with Crippen LogP contribution < -0.4 is 19.3 Å². The third-order valence-corrected chi connectivity index (χ3v) is 4.73. The maximum absolute atomic E-state index is 13.1. The highest BCUT2D eigenvalue weighted by atomic mass is 19.4. The lowest BCUT2D eigenvalue weighted by Crippen LogP contribution is -2.33. The minimum atomic E-state index is -4.57. The highest BCUT2D eigenvalue weighted by molar-refractivity contribution is 6.27. The molecule has 1 aliphatic rings. The minimum Gasteiger partial charge on any atom is -0.494 e. The number of hydrogen-bond acceptors (Lipinski definition) is 5. The van der Waals surface area contributed by atoms with E-state index in [2.05, 4.69) is 4.98 Å². The van der Waals surface area contributed by atoms with Crippen LogP contribution in [0.25, 0.3) is 0 Å². The summed E-state index contributed by atoms with van der Waals surface area (Å²) in [6, 6.07) is 11.3. The average molecular weight is 443 g/mol. The Morgan fingerprint density at radius 1 is 0.969 bits per heavy atom. The van der Waals surface area contributed by atoms with Crippen LogP contribution in [-0.4, -0.2) is 30.6 Å². The van der Waals surface area contributed by atoms with E-state index in [1.54, 1.807) is 30.6 Å². The van der Waals surface area contributed by atoms with Gasteiger partial charge in [0.15, 0.2) is 0 Å². The van der Waals surface area contributed by atoms with Gasteiger partial charge >= 0.3 is 12.2 Å². The number of ether oxygens (including phenoxy) is 2. The fourth-order valence-electron chi connectivity index (χ4n) is 3.24. The molecule has 0 unspecified atom stereocenters. The summed E-state index contributed by atoms with van der Waals surface area (Å²) >= 11 is 0. The van der Waals surface area contributed by atoms with Crippen LogP contribution in [0.3, 0.4) is 0 Å². The summed E-state index contributed by atoms with van der Waals surface area (Å²) in [6.45, 7) is -0.404. The molecular formula is C22H16F3N3O4. The number of carbonyl (C=O) groups excluding carboxylic acids is 2. The topological polar surface area (TPSA) is 72.0 Å². The molecule has 164 valence electrons. The first-order valence-electron chi connectivity index (χ1n) is 9.35. The Morgan fingerprint density at radius 3 is 2.41 bits per heavy atom. The largest absolute Gasteiger partial charge is 0.494 e. The van der Waals surface area contributed by atoms with Crippen LogP contribution in [0.4, 0.5) is 29.3 Å². The number of nitrogens with zero attached hydrogens (tertiary/aromatic N) is 3. The van der Waals surface area contributed by atoms with Crippen LogP contribution in [0.1, 0.15) is 5.56 Å². The van der Waals surface area contributed by atoms with Crippen molar-refractivity contribution in [3.63, 3.8) is 0 Å². The number of benzene rings is 2. The zero-order valence-corrected chi connectivity index (χ0v) is 16.7. The van der Waals surface area contributed by atoms with Gasteiger partial charge in [-0.3, -0.25) is 14.7 Å². The van der Waals surface area contributed by atoms with Gasteiger partial charge in [-0.1, -0.05) is 6.07 Å².